The van der Waals surface area contributed by atoms with E-state index in [0.29, 0.717) is 11.9 Å². The first-order valence-corrected chi connectivity index (χ1v) is 8.17. The lowest BCUT2D eigenvalue weighted by molar-refractivity contribution is 0.667. The fraction of sp³-hybridized carbons (Fsp3) is 0.0909. The van der Waals surface area contributed by atoms with Crippen LogP contribution in [0.2, 0.25) is 0 Å². The Kier molecular flexibility index (Phi) is 2.33. The van der Waals surface area contributed by atoms with Gasteiger partial charge in [0, 0.05) is 21.9 Å². The van der Waals surface area contributed by atoms with Crippen LogP contribution in [0.4, 0.5) is 17.1 Å². The van der Waals surface area contributed by atoms with E-state index in [1.165, 1.54) is 4.90 Å². The molecule has 3 aromatic carbocycles. The number of furan rings is 1. The third-order valence-corrected chi connectivity index (χ3v) is 4.83. The first kappa shape index (κ1) is 11.6. The van der Waals surface area contributed by atoms with Gasteiger partial charge in [-0.2, -0.15) is 0 Å². The molecule has 0 amide bonds. The predicted octanol–water partition coefficient (Wildman–Crippen LogP) is 5.81. The zero-order chi connectivity index (χ0) is 19.6. The Morgan fingerprint density at radius 1 is 0.920 bits per heavy atom. The molecule has 25 heavy (non-hydrogen) atoms. The summed E-state index contributed by atoms with van der Waals surface area (Å²) in [5.41, 5.74) is 4.71. The van der Waals surface area contributed by atoms with Crippen molar-refractivity contribution in [2.24, 2.45) is 0 Å². The number of benzene rings is 3. The molecule has 0 spiro atoms. The molecule has 0 saturated heterocycles. The monoisotopic (exact) mass is 329 g/mol. The molecule has 122 valence electrons. The van der Waals surface area contributed by atoms with Crippen LogP contribution in [0.25, 0.3) is 21.9 Å². The summed E-state index contributed by atoms with van der Waals surface area (Å²) in [7, 11) is 0. The van der Waals surface area contributed by atoms with E-state index in [1.54, 1.807) is 6.07 Å². The number of para-hydroxylation sites is 3. The minimum atomic E-state index is -2.34. The van der Waals surface area contributed by atoms with E-state index in [-0.39, 0.29) is 0 Å². The van der Waals surface area contributed by atoms with Gasteiger partial charge in [-0.25, -0.2) is 0 Å². The third kappa shape index (κ3) is 1.86. The molecule has 0 atom stereocenters. The second-order valence-electron chi connectivity index (χ2n) is 6.28. The van der Waals surface area contributed by atoms with Gasteiger partial charge < -0.3 is 14.2 Å². The molecule has 0 fully saturated rings. The summed E-state index contributed by atoms with van der Waals surface area (Å²) in [6.45, 7) is 3.79. The van der Waals surface area contributed by atoms with Gasteiger partial charge in [-0.3, -0.25) is 0 Å². The van der Waals surface area contributed by atoms with Crippen molar-refractivity contribution in [2.75, 3.05) is 16.8 Å². The van der Waals surface area contributed by atoms with Crippen LogP contribution in [0.5, 0.6) is 0 Å². The topological polar surface area (TPSA) is 19.6 Å². The molecule has 0 saturated carbocycles. The SMILES string of the molecule is [2H]C([2H])([2H])N1[C]([CH2])N(c2c(C)ccc3c2oc2ccccc23)c2ccccc21. The lowest BCUT2D eigenvalue weighted by Crippen LogP contribution is -2.28. The smallest absolute Gasteiger partial charge is 0.161 e. The molecule has 0 N–H and O–H groups in total. The van der Waals surface area contributed by atoms with Crippen LogP contribution in [0, 0.1) is 20.0 Å². The maximum Gasteiger partial charge on any atom is 0.161 e. The van der Waals surface area contributed by atoms with Gasteiger partial charge in [0.25, 0.3) is 0 Å². The zero-order valence-corrected chi connectivity index (χ0v) is 13.8. The first-order valence-electron chi connectivity index (χ1n) is 9.67. The Morgan fingerprint density at radius 3 is 2.52 bits per heavy atom. The summed E-state index contributed by atoms with van der Waals surface area (Å²) in [6.07, 6.45) is 0.386. The maximum absolute atomic E-state index is 8.00. The maximum atomic E-state index is 8.00. The van der Waals surface area contributed by atoms with E-state index in [4.69, 9.17) is 8.53 Å². The summed E-state index contributed by atoms with van der Waals surface area (Å²) in [5, 5.41) is 2.03. The van der Waals surface area contributed by atoms with Gasteiger partial charge in [-0.05, 0) is 37.6 Å². The van der Waals surface area contributed by atoms with Crippen LogP contribution in [0.15, 0.2) is 65.1 Å². The molecule has 0 aliphatic carbocycles. The van der Waals surface area contributed by atoms with Crippen LogP contribution < -0.4 is 9.80 Å². The summed E-state index contributed by atoms with van der Waals surface area (Å²) in [4.78, 5) is 3.20. The lowest BCUT2D eigenvalue weighted by atomic mass is 10.1. The summed E-state index contributed by atoms with van der Waals surface area (Å²) in [5.74, 6) is 0. The summed E-state index contributed by atoms with van der Waals surface area (Å²) >= 11 is 0. The highest BCUT2D eigenvalue weighted by molar-refractivity contribution is 6.11. The van der Waals surface area contributed by atoms with Crippen molar-refractivity contribution in [3.8, 4) is 0 Å². The highest BCUT2D eigenvalue weighted by atomic mass is 16.3. The number of hydrogen-bond donors (Lipinski definition) is 0. The Hall–Kier alpha value is -2.94. The molecule has 0 bridgehead atoms. The van der Waals surface area contributed by atoms with E-state index >= 15 is 0 Å². The van der Waals surface area contributed by atoms with Crippen LogP contribution in [0.1, 0.15) is 9.68 Å². The van der Waals surface area contributed by atoms with E-state index < -0.39 is 6.98 Å². The predicted molar refractivity (Wildman–Crippen MR) is 104 cm³/mol. The first-order chi connectivity index (χ1) is 13.4. The van der Waals surface area contributed by atoms with Crippen LogP contribution >= 0.6 is 0 Å². The van der Waals surface area contributed by atoms with Crippen LogP contribution in [0.3, 0.4) is 0 Å². The van der Waals surface area contributed by atoms with Crippen molar-refractivity contribution < 1.29 is 8.53 Å². The van der Waals surface area contributed by atoms with Crippen molar-refractivity contribution in [3.05, 3.63) is 79.3 Å². The van der Waals surface area contributed by atoms with Crippen LogP contribution in [-0.4, -0.2) is 6.98 Å². The van der Waals surface area contributed by atoms with Crippen molar-refractivity contribution in [1.29, 1.82) is 0 Å². The molecule has 2 radical (unpaired) electrons. The average Bonchev–Trinajstić information content (AvgIpc) is 3.16. The largest absolute Gasteiger partial charge is 0.454 e. The van der Waals surface area contributed by atoms with Crippen molar-refractivity contribution >= 4 is 39.0 Å². The van der Waals surface area contributed by atoms with Gasteiger partial charge in [-0.15, -0.1) is 0 Å². The number of anilines is 3. The van der Waals surface area contributed by atoms with E-state index in [1.807, 2.05) is 66.4 Å². The second kappa shape index (κ2) is 5.03. The second-order valence-corrected chi connectivity index (χ2v) is 6.28. The molecule has 4 aromatic rings. The molecule has 5 rings (SSSR count). The molecular formula is C22H18N2O. The van der Waals surface area contributed by atoms with Gasteiger partial charge in [0.15, 0.2) is 11.7 Å². The fourth-order valence-electron chi connectivity index (χ4n) is 3.62. The number of aryl methyl sites for hydroxylation is 1. The Bertz CT molecular complexity index is 1210. The molecule has 1 aromatic heterocycles. The normalized spacial score (nSPS) is 17.0. The molecule has 3 nitrogen and oxygen atoms in total. The minimum Gasteiger partial charge on any atom is -0.454 e. The molecular weight excluding hydrogens is 308 g/mol. The quantitative estimate of drug-likeness (QED) is 0.439. The van der Waals surface area contributed by atoms with Crippen LogP contribution in [-0.2, 0) is 0 Å². The highest BCUT2D eigenvalue weighted by Crippen LogP contribution is 2.49. The van der Waals surface area contributed by atoms with Gasteiger partial charge in [0.1, 0.15) is 5.58 Å². The molecule has 0 unspecified atom stereocenters. The van der Waals surface area contributed by atoms with E-state index in [9.17, 15) is 0 Å². The molecule has 3 heteroatoms. The van der Waals surface area contributed by atoms with E-state index in [0.717, 1.165) is 38.9 Å². The van der Waals surface area contributed by atoms with E-state index in [2.05, 4.69) is 6.92 Å². The Morgan fingerprint density at radius 2 is 1.68 bits per heavy atom. The molecule has 1 aliphatic heterocycles. The van der Waals surface area contributed by atoms with Gasteiger partial charge in [0.2, 0.25) is 0 Å². The highest BCUT2D eigenvalue weighted by Gasteiger charge is 2.35. The third-order valence-electron chi connectivity index (χ3n) is 4.83. The van der Waals surface area contributed by atoms with Crippen molar-refractivity contribution in [3.63, 3.8) is 0 Å². The lowest BCUT2D eigenvalue weighted by Gasteiger charge is -2.27. The number of rotatable bonds is 1. The van der Waals surface area contributed by atoms with Crippen molar-refractivity contribution in [1.82, 2.24) is 0 Å². The molecule has 1 aliphatic rings. The van der Waals surface area contributed by atoms with Gasteiger partial charge >= 0.3 is 0 Å². The Balaban J connectivity index is 1.82. The zero-order valence-electron chi connectivity index (χ0n) is 16.8. The average molecular weight is 329 g/mol. The Labute approximate surface area is 151 Å². The summed E-state index contributed by atoms with van der Waals surface area (Å²) < 4.78 is 30.2. The standard InChI is InChI=1S/C22H18N2O/c1-14-12-13-17-16-8-4-7-11-20(16)25-22(17)21(14)24-15(2)23(3)18-9-5-6-10-19(18)24/h4-13H,2H2,1,3H3/i3D3. The number of fused-ring (bicyclic) bond motifs is 4. The minimum absolute atomic E-state index is 0.386. The summed E-state index contributed by atoms with van der Waals surface area (Å²) in [6, 6.07) is 19.4. The van der Waals surface area contributed by atoms with Gasteiger partial charge in [0.05, 0.1) is 17.1 Å². The molecule has 2 heterocycles. The fourth-order valence-corrected chi connectivity index (χ4v) is 3.62. The van der Waals surface area contributed by atoms with Crippen molar-refractivity contribution in [2.45, 2.75) is 6.92 Å². The number of hydrogen-bond acceptors (Lipinski definition) is 3. The number of nitrogens with zero attached hydrogens (tertiary/aromatic N) is 2. The van der Waals surface area contributed by atoms with Gasteiger partial charge in [-0.1, -0.05) is 42.5 Å².